The lowest BCUT2D eigenvalue weighted by Gasteiger charge is -2.63. The molecule has 4 aliphatic carbocycles. The average Bonchev–Trinajstić information content (AvgIpc) is 1.51. The first-order valence-electron chi connectivity index (χ1n) is 30.5. The number of amides is 4. The molecule has 4 fully saturated rings. The van der Waals surface area contributed by atoms with Crippen molar-refractivity contribution >= 4 is 47.3 Å². The second-order valence-electron chi connectivity index (χ2n) is 24.4. The fourth-order valence-electron chi connectivity index (χ4n) is 15.6. The molecule has 11 bridgehead atoms. The maximum absolute atomic E-state index is 13.4. The van der Waals surface area contributed by atoms with E-state index < -0.39 is 29.6 Å². The van der Waals surface area contributed by atoms with Gasteiger partial charge in [-0.2, -0.15) is 0 Å². The maximum Gasteiger partial charge on any atom is 0.412 e. The van der Waals surface area contributed by atoms with Crippen molar-refractivity contribution in [3.63, 3.8) is 0 Å². The third-order valence-corrected chi connectivity index (χ3v) is 19.7. The Balaban J connectivity index is 0.790. The summed E-state index contributed by atoms with van der Waals surface area (Å²) in [7, 11) is 0. The van der Waals surface area contributed by atoms with E-state index >= 15 is 0 Å². The zero-order valence-electron chi connectivity index (χ0n) is 48.6. The molecule has 4 amide bonds. The number of fused-ring (bicyclic) bond motifs is 17. The first kappa shape index (κ1) is 58.3. The molecular formula is C69H80N6O9. The van der Waals surface area contributed by atoms with Gasteiger partial charge in [0.25, 0.3) is 11.8 Å². The first-order valence-corrected chi connectivity index (χ1v) is 30.5. The molecule has 6 aliphatic rings. The van der Waals surface area contributed by atoms with E-state index in [-0.39, 0.29) is 70.7 Å². The summed E-state index contributed by atoms with van der Waals surface area (Å²) < 4.78 is 32.4. The molecule has 4 aromatic carbocycles. The van der Waals surface area contributed by atoms with E-state index in [2.05, 4.69) is 143 Å². The van der Waals surface area contributed by atoms with Gasteiger partial charge in [-0.15, -0.1) is 0 Å². The lowest BCUT2D eigenvalue weighted by molar-refractivity contribution is -0.193. The third kappa shape index (κ3) is 12.6. The van der Waals surface area contributed by atoms with Crippen LogP contribution in [0.1, 0.15) is 135 Å². The molecule has 440 valence electrons. The van der Waals surface area contributed by atoms with Crippen LogP contribution >= 0.6 is 0 Å². The maximum atomic E-state index is 13.4. The number of nitrogens with zero attached hydrogens (tertiary/aromatic N) is 2. The van der Waals surface area contributed by atoms with Gasteiger partial charge in [-0.3, -0.25) is 20.2 Å². The monoisotopic (exact) mass is 1140 g/mol. The number of pyridine rings is 2. The van der Waals surface area contributed by atoms with Crippen LogP contribution in [-0.4, -0.2) is 79.2 Å². The van der Waals surface area contributed by atoms with Gasteiger partial charge in [0.2, 0.25) is 0 Å². The van der Waals surface area contributed by atoms with Crippen LogP contribution in [0.15, 0.2) is 152 Å². The zero-order valence-corrected chi connectivity index (χ0v) is 48.6. The van der Waals surface area contributed by atoms with Crippen molar-refractivity contribution in [1.82, 2.24) is 9.97 Å². The molecule has 4 saturated carbocycles. The largest absolute Gasteiger partial charge is 0.449 e. The number of hydrogen-bond donors (Lipinski definition) is 4. The van der Waals surface area contributed by atoms with Crippen molar-refractivity contribution in [3.05, 3.63) is 179 Å². The fourth-order valence-corrected chi connectivity index (χ4v) is 15.6. The molecule has 0 saturated heterocycles. The number of carbonyl (C=O) groups excluding carboxylic acids is 4. The highest BCUT2D eigenvalue weighted by molar-refractivity contribution is 6.08. The minimum absolute atomic E-state index is 0.0381. The molecule has 15 nitrogen and oxygen atoms in total. The van der Waals surface area contributed by atoms with Crippen LogP contribution in [0.25, 0.3) is 0 Å². The normalized spacial score (nSPS) is 27.5. The molecule has 2 aliphatic heterocycles. The summed E-state index contributed by atoms with van der Waals surface area (Å²) in [6, 6.07) is 47.8. The highest BCUT2D eigenvalue weighted by atomic mass is 16.6. The molecule has 15 heteroatoms. The molecule has 1 unspecified atom stereocenters. The average molecular weight is 1140 g/mol. The lowest BCUT2D eigenvalue weighted by atomic mass is 9.43. The number of aromatic nitrogens is 2. The molecule has 12 rings (SSSR count). The topological polar surface area (TPSA) is 188 Å². The SMILES string of the molecule is C[C@H](CCCOC(c1ccccc1)(c1ccccc1)c1ccccc1)[C@H]1CC[C@H]2[C@@H]3CCC4C[C@H]5CC[C@]4(C)[C@H]3C[C@H](OCCCOC(=O)Nc3cccc(n3)NC(=O)c3cccc(c3)C(=O)Nc3cccc(n3)NC(=O)OCCCO5)[C@]12C. The van der Waals surface area contributed by atoms with Crippen LogP contribution < -0.4 is 21.3 Å². The quantitative estimate of drug-likeness (QED) is 0.0797. The van der Waals surface area contributed by atoms with Gasteiger partial charge in [-0.05, 0) is 170 Å². The zero-order chi connectivity index (χ0) is 58.1. The van der Waals surface area contributed by atoms with Gasteiger partial charge in [0.05, 0.1) is 38.6 Å². The van der Waals surface area contributed by atoms with Crippen LogP contribution in [0.4, 0.5) is 32.9 Å². The van der Waals surface area contributed by atoms with Crippen LogP contribution in [0.3, 0.4) is 0 Å². The minimum Gasteiger partial charge on any atom is -0.449 e. The van der Waals surface area contributed by atoms with Crippen molar-refractivity contribution in [1.29, 1.82) is 0 Å². The van der Waals surface area contributed by atoms with E-state index in [1.165, 1.54) is 31.7 Å². The molecule has 0 radical (unpaired) electrons. The highest BCUT2D eigenvalue weighted by Gasteiger charge is 2.64. The van der Waals surface area contributed by atoms with Gasteiger partial charge in [-0.1, -0.05) is 130 Å². The molecule has 84 heavy (non-hydrogen) atoms. The Morgan fingerprint density at radius 2 is 1.10 bits per heavy atom. The molecule has 4 N–H and O–H groups in total. The summed E-state index contributed by atoms with van der Waals surface area (Å²) in [5, 5.41) is 10.9. The Bertz CT molecular complexity index is 3130. The third-order valence-electron chi connectivity index (χ3n) is 19.7. The Morgan fingerprint density at radius 3 is 1.65 bits per heavy atom. The van der Waals surface area contributed by atoms with Crippen LogP contribution in [0.5, 0.6) is 0 Å². The predicted octanol–water partition coefficient (Wildman–Crippen LogP) is 14.3. The fraction of sp³-hybridized carbons (Fsp3) is 0.449. The van der Waals surface area contributed by atoms with E-state index in [0.29, 0.717) is 68.2 Å². The van der Waals surface area contributed by atoms with Crippen molar-refractivity contribution in [2.75, 3.05) is 54.3 Å². The second-order valence-corrected chi connectivity index (χ2v) is 24.4. The number of hydrogen-bond acceptors (Lipinski definition) is 11. The summed E-state index contributed by atoms with van der Waals surface area (Å²) in [5.74, 6) is 2.87. The smallest absolute Gasteiger partial charge is 0.412 e. The van der Waals surface area contributed by atoms with Crippen molar-refractivity contribution < 1.29 is 42.9 Å². The van der Waals surface area contributed by atoms with Gasteiger partial charge < -0.3 is 34.3 Å². The number of anilines is 4. The number of carbonyl (C=O) groups is 4. The highest BCUT2D eigenvalue weighted by Crippen LogP contribution is 2.69. The number of ether oxygens (including phenoxy) is 5. The molecule has 10 atom stereocenters. The number of nitrogens with one attached hydrogen (secondary N) is 4. The first-order chi connectivity index (χ1) is 40.9. The molecule has 2 aromatic heterocycles. The molecule has 6 aromatic rings. The standard InChI is InChI=1S/C69H80N6O9/c1-46(19-16-42-84-69(49-22-7-4-8-23-49,50-24-9-5-10-25-50)51-26-11-6-12-27-51)55-34-35-56-54-33-32-52-44-53-36-37-67(52,2)57(54)45-58(68(55,56)3)81-39-18-41-83-66(79)75-62-31-15-29-60(71-62)73-64(77)48-21-13-20-47(43-48)63(76)72-59-28-14-30-61(70-59)74-65(78)82-40-17-38-80-53/h4-15,20-31,43,46,52-58H,16-19,32-42,44-45H2,1-3H3,(H2,70,72,74,76,78)(H2,71,73,75,77,79)/t46-,52?,53-,54+,55-,56+,57+,58+,67+,68-/m1/s1. The summed E-state index contributed by atoms with van der Waals surface area (Å²) in [6.07, 6.45) is 10.8. The van der Waals surface area contributed by atoms with Crippen LogP contribution in [0, 0.1) is 46.3 Å². The molecule has 4 heterocycles. The molecule has 0 spiro atoms. The number of benzene rings is 4. The summed E-state index contributed by atoms with van der Waals surface area (Å²) in [4.78, 5) is 61.8. The second kappa shape index (κ2) is 26.2. The van der Waals surface area contributed by atoms with Crippen molar-refractivity contribution in [2.45, 2.75) is 116 Å². The van der Waals surface area contributed by atoms with Crippen LogP contribution in [0.2, 0.25) is 0 Å². The van der Waals surface area contributed by atoms with Gasteiger partial charge in [0, 0.05) is 30.6 Å². The Labute approximate surface area is 493 Å². The predicted molar refractivity (Wildman–Crippen MR) is 324 cm³/mol. The van der Waals surface area contributed by atoms with E-state index in [1.807, 2.05) is 0 Å². The van der Waals surface area contributed by atoms with Crippen molar-refractivity contribution in [3.8, 4) is 0 Å². The van der Waals surface area contributed by atoms with Gasteiger partial charge in [0.1, 0.15) is 28.9 Å². The minimum atomic E-state index is -0.761. The lowest BCUT2D eigenvalue weighted by Crippen LogP contribution is -2.59. The Morgan fingerprint density at radius 1 is 0.571 bits per heavy atom. The summed E-state index contributed by atoms with van der Waals surface area (Å²) >= 11 is 0. The van der Waals surface area contributed by atoms with Gasteiger partial charge >= 0.3 is 12.2 Å². The van der Waals surface area contributed by atoms with E-state index in [1.54, 1.807) is 54.6 Å². The van der Waals surface area contributed by atoms with Gasteiger partial charge in [-0.25, -0.2) is 19.6 Å². The Hall–Kier alpha value is -7.46. The molecular weight excluding hydrogens is 1060 g/mol. The van der Waals surface area contributed by atoms with E-state index in [0.717, 1.165) is 55.2 Å². The van der Waals surface area contributed by atoms with E-state index in [4.69, 9.17) is 23.7 Å². The summed E-state index contributed by atoms with van der Waals surface area (Å²) in [5.41, 5.74) is 3.09. The van der Waals surface area contributed by atoms with E-state index in [9.17, 15) is 19.2 Å². The van der Waals surface area contributed by atoms with Crippen LogP contribution in [-0.2, 0) is 29.3 Å². The van der Waals surface area contributed by atoms with Crippen molar-refractivity contribution in [2.24, 2.45) is 46.3 Å². The Kier molecular flexibility index (Phi) is 18.2. The van der Waals surface area contributed by atoms with Gasteiger partial charge in [0.15, 0.2) is 0 Å². The summed E-state index contributed by atoms with van der Waals surface area (Å²) in [6.45, 7) is 9.49. The number of rotatable bonds is 9.